The average Bonchev–Trinajstić information content (AvgIpc) is 2.87. The molecule has 1 N–H and O–H groups in total. The van der Waals surface area contributed by atoms with Crippen molar-refractivity contribution in [1.82, 2.24) is 13.3 Å². The van der Waals surface area contributed by atoms with Crippen LogP contribution < -0.4 is 5.68 Å². The molecule has 2 aromatic heterocycles. The molecule has 0 saturated heterocycles. The molecule has 3 aromatic rings. The maximum atomic E-state index is 7.67. The van der Waals surface area contributed by atoms with Gasteiger partial charge in [-0.2, -0.15) is 8.75 Å². The van der Waals surface area contributed by atoms with E-state index >= 15 is 0 Å². The summed E-state index contributed by atoms with van der Waals surface area (Å²) in [7, 11) is 0. The first-order valence-corrected chi connectivity index (χ1v) is 5.89. The molecule has 0 fully saturated rings. The average molecular weight is 327 g/mol. The number of benzene rings is 1. The van der Waals surface area contributed by atoms with Crippen molar-refractivity contribution in [2.75, 3.05) is 0 Å². The second-order valence-electron chi connectivity index (χ2n) is 3.82. The lowest BCUT2D eigenvalue weighted by molar-refractivity contribution is 0.440. The van der Waals surface area contributed by atoms with Gasteiger partial charge in [0.15, 0.2) is 0 Å². The Morgan fingerprint density at radius 1 is 1.39 bits per heavy atom. The first kappa shape index (κ1) is 13.0. The number of nitrogens with one attached hydrogen (secondary N) is 1. The van der Waals surface area contributed by atoms with E-state index in [4.69, 9.17) is 9.83 Å². The molecular formula is C11H11BrN4OS. The predicted octanol–water partition coefficient (Wildman–Crippen LogP) is 2.50. The second-order valence-corrected chi connectivity index (χ2v) is 4.35. The molecule has 0 aliphatic heterocycles. The molecule has 94 valence electrons. The maximum Gasteiger partial charge on any atom is 0.294 e. The summed E-state index contributed by atoms with van der Waals surface area (Å²) < 4.78 is 15.4. The third-order valence-electron chi connectivity index (χ3n) is 2.57. The van der Waals surface area contributed by atoms with E-state index in [1.807, 2.05) is 31.3 Å². The van der Waals surface area contributed by atoms with Gasteiger partial charge in [-0.25, -0.2) is 0 Å². The van der Waals surface area contributed by atoms with Crippen LogP contribution in [-0.2, 0) is 6.54 Å². The highest BCUT2D eigenvalue weighted by Gasteiger charge is 2.07. The van der Waals surface area contributed by atoms with Gasteiger partial charge in [0.1, 0.15) is 16.8 Å². The van der Waals surface area contributed by atoms with Crippen molar-refractivity contribution in [3.8, 4) is 0 Å². The highest BCUT2D eigenvalue weighted by atomic mass is 79.9. The van der Waals surface area contributed by atoms with Gasteiger partial charge in [-0.3, -0.25) is 9.98 Å². The molecule has 0 aliphatic carbocycles. The highest BCUT2D eigenvalue weighted by molar-refractivity contribution is 8.93. The Morgan fingerprint density at radius 3 is 2.94 bits per heavy atom. The summed E-state index contributed by atoms with van der Waals surface area (Å²) in [6.07, 6.45) is 1.82. The lowest BCUT2D eigenvalue weighted by Crippen LogP contribution is -2.14. The summed E-state index contributed by atoms with van der Waals surface area (Å²) >= 11 is 1.21. The molecule has 2 heterocycles. The largest absolute Gasteiger partial charge is 0.429 e. The van der Waals surface area contributed by atoms with Gasteiger partial charge in [0, 0.05) is 11.8 Å². The summed E-state index contributed by atoms with van der Waals surface area (Å²) in [5, 5.41) is 7.67. The summed E-state index contributed by atoms with van der Waals surface area (Å²) in [5.41, 5.74) is 3.02. The topological polar surface area (TPSA) is 67.7 Å². The fourth-order valence-electron chi connectivity index (χ4n) is 1.81. The molecule has 0 amide bonds. The fraction of sp³-hybridized carbons (Fsp3) is 0.182. The lowest BCUT2D eigenvalue weighted by Gasteiger charge is -2.01. The quantitative estimate of drug-likeness (QED) is 0.786. The van der Waals surface area contributed by atoms with E-state index in [1.54, 1.807) is 4.57 Å². The van der Waals surface area contributed by atoms with Crippen LogP contribution in [0, 0.1) is 12.3 Å². The summed E-state index contributed by atoms with van der Waals surface area (Å²) in [6, 6.07) is 5.89. The van der Waals surface area contributed by atoms with Gasteiger partial charge < -0.3 is 4.42 Å². The Hall–Kier alpha value is -1.47. The number of aryl methyl sites for hydroxylation is 1. The van der Waals surface area contributed by atoms with Crippen molar-refractivity contribution < 1.29 is 4.42 Å². The molecule has 5 nitrogen and oxygen atoms in total. The van der Waals surface area contributed by atoms with Crippen LogP contribution in [0.4, 0.5) is 0 Å². The Kier molecular flexibility index (Phi) is 3.63. The first-order chi connectivity index (χ1) is 8.24. The van der Waals surface area contributed by atoms with Gasteiger partial charge in [-0.05, 0) is 13.0 Å². The minimum Gasteiger partial charge on any atom is -0.429 e. The summed E-state index contributed by atoms with van der Waals surface area (Å²) in [5.74, 6) is 0.735. The van der Waals surface area contributed by atoms with Crippen LogP contribution in [-0.4, -0.2) is 13.3 Å². The molecule has 0 spiro atoms. The number of halogens is 1. The smallest absolute Gasteiger partial charge is 0.294 e. The minimum absolute atomic E-state index is 0. The van der Waals surface area contributed by atoms with Crippen molar-refractivity contribution in [3.63, 3.8) is 0 Å². The molecule has 0 aliphatic rings. The molecule has 18 heavy (non-hydrogen) atoms. The van der Waals surface area contributed by atoms with Crippen molar-refractivity contribution >= 4 is 39.7 Å². The van der Waals surface area contributed by atoms with Crippen LogP contribution in [0.3, 0.4) is 0 Å². The molecule has 0 bridgehead atoms. The maximum absolute atomic E-state index is 7.67. The van der Waals surface area contributed by atoms with Crippen LogP contribution in [0.2, 0.25) is 0 Å². The monoisotopic (exact) mass is 326 g/mol. The van der Waals surface area contributed by atoms with Crippen LogP contribution in [0.15, 0.2) is 28.8 Å². The van der Waals surface area contributed by atoms with Crippen LogP contribution in [0.5, 0.6) is 0 Å². The fourth-order valence-corrected chi connectivity index (χ4v) is 2.37. The second kappa shape index (κ2) is 5.03. The van der Waals surface area contributed by atoms with E-state index in [0.717, 1.165) is 22.4 Å². The molecule has 3 rings (SSSR count). The molecule has 0 unspecified atom stereocenters. The summed E-state index contributed by atoms with van der Waals surface area (Å²) in [4.78, 5) is 0. The number of hydrogen-bond donors (Lipinski definition) is 1. The first-order valence-electron chi connectivity index (χ1n) is 5.15. The van der Waals surface area contributed by atoms with Gasteiger partial charge in [0.25, 0.3) is 5.68 Å². The van der Waals surface area contributed by atoms with Crippen molar-refractivity contribution in [3.05, 3.63) is 41.4 Å². The number of rotatable bonds is 2. The molecule has 0 atom stereocenters. The van der Waals surface area contributed by atoms with Crippen LogP contribution in [0.25, 0.3) is 11.0 Å². The lowest BCUT2D eigenvalue weighted by atomic mass is 10.2. The van der Waals surface area contributed by atoms with Crippen molar-refractivity contribution in [1.29, 1.82) is 5.41 Å². The van der Waals surface area contributed by atoms with E-state index in [1.165, 1.54) is 11.7 Å². The Balaban J connectivity index is 0.00000120. The van der Waals surface area contributed by atoms with E-state index in [2.05, 4.69) is 8.75 Å². The minimum atomic E-state index is 0. The SMILES string of the molecule is Br.Cc1cn(Cc2cccc3nsnc23)c(=N)o1. The molecule has 0 radical (unpaired) electrons. The number of fused-ring (bicyclic) bond motifs is 1. The normalized spacial score (nSPS) is 10.5. The number of aromatic nitrogens is 3. The summed E-state index contributed by atoms with van der Waals surface area (Å²) in [6.45, 7) is 2.42. The predicted molar refractivity (Wildman–Crippen MR) is 74.1 cm³/mol. The molecule has 0 saturated carbocycles. The van der Waals surface area contributed by atoms with Gasteiger partial charge >= 0.3 is 0 Å². The van der Waals surface area contributed by atoms with Gasteiger partial charge in [0.05, 0.1) is 18.3 Å². The van der Waals surface area contributed by atoms with Gasteiger partial charge in [0.2, 0.25) is 0 Å². The highest BCUT2D eigenvalue weighted by Crippen LogP contribution is 2.17. The third kappa shape index (κ3) is 2.23. The van der Waals surface area contributed by atoms with Crippen LogP contribution >= 0.6 is 28.7 Å². The van der Waals surface area contributed by atoms with E-state index < -0.39 is 0 Å². The number of nitrogens with zero attached hydrogens (tertiary/aromatic N) is 3. The zero-order chi connectivity index (χ0) is 11.8. The Bertz CT molecular complexity index is 730. The number of hydrogen-bond acceptors (Lipinski definition) is 5. The third-order valence-corrected chi connectivity index (χ3v) is 3.11. The van der Waals surface area contributed by atoms with Crippen molar-refractivity contribution in [2.24, 2.45) is 0 Å². The Morgan fingerprint density at radius 2 is 2.22 bits per heavy atom. The van der Waals surface area contributed by atoms with E-state index in [-0.39, 0.29) is 22.7 Å². The van der Waals surface area contributed by atoms with Crippen molar-refractivity contribution in [2.45, 2.75) is 13.5 Å². The zero-order valence-corrected chi connectivity index (χ0v) is 12.1. The zero-order valence-electron chi connectivity index (χ0n) is 9.58. The van der Waals surface area contributed by atoms with E-state index in [9.17, 15) is 0 Å². The van der Waals surface area contributed by atoms with Gasteiger partial charge in [-0.15, -0.1) is 17.0 Å². The Labute approximate surface area is 118 Å². The van der Waals surface area contributed by atoms with Gasteiger partial charge in [-0.1, -0.05) is 12.1 Å². The molecule has 7 heteroatoms. The number of oxazole rings is 1. The molecular weight excluding hydrogens is 316 g/mol. The van der Waals surface area contributed by atoms with Crippen LogP contribution in [0.1, 0.15) is 11.3 Å². The standard InChI is InChI=1S/C11H10N4OS.BrH/c1-7-5-15(11(12)16-7)6-8-3-2-4-9-10(8)14-17-13-9;/h2-5,12H,6H2,1H3;1H. The van der Waals surface area contributed by atoms with E-state index in [0.29, 0.717) is 6.54 Å². The molecule has 1 aromatic carbocycles.